The van der Waals surface area contributed by atoms with Crippen LogP contribution in [-0.4, -0.2) is 62.1 Å². The maximum absolute atomic E-state index is 13.8. The van der Waals surface area contributed by atoms with E-state index in [0.29, 0.717) is 6.54 Å². The molecule has 1 saturated heterocycles. The fourth-order valence-corrected chi connectivity index (χ4v) is 3.11. The summed E-state index contributed by atoms with van der Waals surface area (Å²) < 4.78 is 13.8. The zero-order valence-electron chi connectivity index (χ0n) is 15.5. The lowest BCUT2D eigenvalue weighted by Gasteiger charge is -2.37. The second-order valence-corrected chi connectivity index (χ2v) is 6.46. The van der Waals surface area contributed by atoms with Crippen LogP contribution in [0, 0.1) is 5.82 Å². The quantitative estimate of drug-likeness (QED) is 0.804. The molecule has 0 saturated carbocycles. The maximum atomic E-state index is 13.8. The largest absolute Gasteiger partial charge is 0.369 e. The summed E-state index contributed by atoms with van der Waals surface area (Å²) in [5.41, 5.74) is 1.81. The minimum atomic E-state index is -0.286. The van der Waals surface area contributed by atoms with Gasteiger partial charge in [-0.05, 0) is 31.7 Å². The number of nitrogens with zero attached hydrogens (tertiary/aromatic N) is 3. The standard InChI is InChI=1S/C19H29FN4O/c1-5-9-22(4)19(25)21-15(3)17-14-16(20)7-8-18(17)24-12-10-23(6-2)11-13-24/h5,7-8,14-15H,1,6,9-13H2,2-4H3,(H,21,25). The lowest BCUT2D eigenvalue weighted by atomic mass is 10.0. The van der Waals surface area contributed by atoms with Gasteiger partial charge in [0, 0.05) is 51.0 Å². The van der Waals surface area contributed by atoms with Crippen molar-refractivity contribution in [1.82, 2.24) is 15.1 Å². The summed E-state index contributed by atoms with van der Waals surface area (Å²) in [6, 6.07) is 4.36. The fraction of sp³-hybridized carbons (Fsp3) is 0.526. The Morgan fingerprint density at radius 3 is 2.68 bits per heavy atom. The van der Waals surface area contributed by atoms with Gasteiger partial charge < -0.3 is 20.0 Å². The number of rotatable bonds is 6. The average molecular weight is 348 g/mol. The molecule has 5 nitrogen and oxygen atoms in total. The van der Waals surface area contributed by atoms with Crippen LogP contribution in [0.2, 0.25) is 0 Å². The van der Waals surface area contributed by atoms with Crippen molar-refractivity contribution in [3.8, 4) is 0 Å². The predicted octanol–water partition coefficient (Wildman–Crippen LogP) is 2.86. The molecule has 1 heterocycles. The molecule has 1 N–H and O–H groups in total. The van der Waals surface area contributed by atoms with Crippen LogP contribution in [0.5, 0.6) is 0 Å². The molecule has 0 spiro atoms. The lowest BCUT2D eigenvalue weighted by Crippen LogP contribution is -2.46. The van der Waals surface area contributed by atoms with Crippen molar-refractivity contribution in [1.29, 1.82) is 0 Å². The number of carbonyl (C=O) groups excluding carboxylic acids is 1. The van der Waals surface area contributed by atoms with E-state index in [2.05, 4.69) is 28.6 Å². The number of anilines is 1. The molecule has 0 radical (unpaired) electrons. The molecule has 1 fully saturated rings. The zero-order valence-corrected chi connectivity index (χ0v) is 15.5. The van der Waals surface area contributed by atoms with E-state index in [1.807, 2.05) is 13.0 Å². The van der Waals surface area contributed by atoms with Crippen LogP contribution in [-0.2, 0) is 0 Å². The summed E-state index contributed by atoms with van der Waals surface area (Å²) in [5.74, 6) is -0.286. The van der Waals surface area contributed by atoms with Crippen molar-refractivity contribution in [3.05, 3.63) is 42.2 Å². The number of hydrogen-bond donors (Lipinski definition) is 1. The highest BCUT2D eigenvalue weighted by atomic mass is 19.1. The van der Waals surface area contributed by atoms with E-state index in [-0.39, 0.29) is 17.9 Å². The van der Waals surface area contributed by atoms with E-state index in [1.54, 1.807) is 18.0 Å². The van der Waals surface area contributed by atoms with Crippen LogP contribution in [0.1, 0.15) is 25.5 Å². The highest BCUT2D eigenvalue weighted by Crippen LogP contribution is 2.28. The number of nitrogens with one attached hydrogen (secondary N) is 1. The van der Waals surface area contributed by atoms with Gasteiger partial charge in [-0.25, -0.2) is 9.18 Å². The Morgan fingerprint density at radius 1 is 1.40 bits per heavy atom. The van der Waals surface area contributed by atoms with Gasteiger partial charge in [-0.1, -0.05) is 13.0 Å². The summed E-state index contributed by atoms with van der Waals surface area (Å²) in [4.78, 5) is 18.4. The van der Waals surface area contributed by atoms with E-state index < -0.39 is 0 Å². The topological polar surface area (TPSA) is 38.8 Å². The molecule has 25 heavy (non-hydrogen) atoms. The minimum absolute atomic E-state index is 0.196. The molecular weight excluding hydrogens is 319 g/mol. The molecule has 2 amide bonds. The number of likely N-dealkylation sites (N-methyl/N-ethyl adjacent to an activating group) is 2. The third-order valence-corrected chi connectivity index (χ3v) is 4.71. The number of amides is 2. The van der Waals surface area contributed by atoms with Crippen LogP contribution in [0.15, 0.2) is 30.9 Å². The Bertz CT molecular complexity index is 599. The zero-order chi connectivity index (χ0) is 18.4. The second kappa shape index (κ2) is 8.85. The Balaban J connectivity index is 2.15. The molecule has 1 aromatic carbocycles. The molecule has 0 aliphatic carbocycles. The van der Waals surface area contributed by atoms with Crippen molar-refractivity contribution in [2.45, 2.75) is 19.9 Å². The van der Waals surface area contributed by atoms with Gasteiger partial charge in [0.05, 0.1) is 6.04 Å². The van der Waals surface area contributed by atoms with E-state index in [1.165, 1.54) is 12.1 Å². The number of halogens is 1. The van der Waals surface area contributed by atoms with Crippen molar-refractivity contribution in [2.75, 3.05) is 51.2 Å². The van der Waals surface area contributed by atoms with Crippen molar-refractivity contribution in [2.24, 2.45) is 0 Å². The minimum Gasteiger partial charge on any atom is -0.369 e. The maximum Gasteiger partial charge on any atom is 0.317 e. The van der Waals surface area contributed by atoms with Gasteiger partial charge in [-0.3, -0.25) is 0 Å². The number of urea groups is 1. The molecular formula is C19H29FN4O. The number of hydrogen-bond acceptors (Lipinski definition) is 3. The molecule has 138 valence electrons. The van der Waals surface area contributed by atoms with Gasteiger partial charge in [0.1, 0.15) is 5.82 Å². The Hall–Kier alpha value is -2.08. The van der Waals surface area contributed by atoms with E-state index >= 15 is 0 Å². The summed E-state index contributed by atoms with van der Waals surface area (Å²) in [7, 11) is 1.71. The third kappa shape index (κ3) is 4.95. The summed E-state index contributed by atoms with van der Waals surface area (Å²) >= 11 is 0. The molecule has 1 unspecified atom stereocenters. The lowest BCUT2D eigenvalue weighted by molar-refractivity contribution is 0.210. The molecule has 2 rings (SSSR count). The molecule has 1 atom stereocenters. The first kappa shape index (κ1) is 19.2. The van der Waals surface area contributed by atoms with Gasteiger partial charge in [0.2, 0.25) is 0 Å². The summed E-state index contributed by atoms with van der Waals surface area (Å²) in [6.45, 7) is 13.0. The highest BCUT2D eigenvalue weighted by Gasteiger charge is 2.22. The van der Waals surface area contributed by atoms with Crippen LogP contribution in [0.3, 0.4) is 0 Å². The van der Waals surface area contributed by atoms with Gasteiger partial charge in [0.15, 0.2) is 0 Å². The van der Waals surface area contributed by atoms with E-state index in [9.17, 15) is 9.18 Å². The van der Waals surface area contributed by atoms with Gasteiger partial charge in [0.25, 0.3) is 0 Å². The summed E-state index contributed by atoms with van der Waals surface area (Å²) in [5, 5.41) is 2.94. The fourth-order valence-electron chi connectivity index (χ4n) is 3.11. The van der Waals surface area contributed by atoms with Crippen molar-refractivity contribution in [3.63, 3.8) is 0 Å². The highest BCUT2D eigenvalue weighted by molar-refractivity contribution is 5.75. The van der Waals surface area contributed by atoms with Gasteiger partial charge in [-0.15, -0.1) is 6.58 Å². The third-order valence-electron chi connectivity index (χ3n) is 4.71. The molecule has 1 aromatic rings. The van der Waals surface area contributed by atoms with E-state index in [4.69, 9.17) is 0 Å². The van der Waals surface area contributed by atoms with Crippen molar-refractivity contribution < 1.29 is 9.18 Å². The van der Waals surface area contributed by atoms with Crippen LogP contribution in [0.25, 0.3) is 0 Å². The number of benzene rings is 1. The monoisotopic (exact) mass is 348 g/mol. The first-order valence-electron chi connectivity index (χ1n) is 8.85. The molecule has 1 aliphatic rings. The van der Waals surface area contributed by atoms with Gasteiger partial charge in [-0.2, -0.15) is 0 Å². The molecule has 0 aromatic heterocycles. The second-order valence-electron chi connectivity index (χ2n) is 6.46. The van der Waals surface area contributed by atoms with Crippen LogP contribution >= 0.6 is 0 Å². The molecule has 6 heteroatoms. The first-order valence-corrected chi connectivity index (χ1v) is 8.85. The van der Waals surface area contributed by atoms with Crippen molar-refractivity contribution >= 4 is 11.7 Å². The molecule has 0 bridgehead atoms. The van der Waals surface area contributed by atoms with Crippen LogP contribution < -0.4 is 10.2 Å². The smallest absolute Gasteiger partial charge is 0.317 e. The summed E-state index contributed by atoms with van der Waals surface area (Å²) in [6.07, 6.45) is 1.67. The normalized spacial score (nSPS) is 16.4. The Morgan fingerprint density at radius 2 is 2.08 bits per heavy atom. The first-order chi connectivity index (χ1) is 12.0. The molecule has 1 aliphatic heterocycles. The predicted molar refractivity (Wildman–Crippen MR) is 101 cm³/mol. The Labute approximate surface area is 150 Å². The van der Waals surface area contributed by atoms with Crippen LogP contribution in [0.4, 0.5) is 14.9 Å². The average Bonchev–Trinajstić information content (AvgIpc) is 2.62. The van der Waals surface area contributed by atoms with E-state index in [0.717, 1.165) is 44.0 Å². The number of piperazine rings is 1. The number of carbonyl (C=O) groups is 1. The van der Waals surface area contributed by atoms with Gasteiger partial charge >= 0.3 is 6.03 Å². The Kier molecular flexibility index (Phi) is 6.82. The SMILES string of the molecule is C=CCN(C)C(=O)NC(C)c1cc(F)ccc1N1CCN(CC)CC1.